The smallest absolute Gasteiger partial charge is 0.311 e. The molecule has 1 saturated carbocycles. The van der Waals surface area contributed by atoms with E-state index in [1.54, 1.807) is 0 Å². The van der Waals surface area contributed by atoms with E-state index in [1.165, 1.54) is 0 Å². The third-order valence-electron chi connectivity index (χ3n) is 5.55. The van der Waals surface area contributed by atoms with Crippen LogP contribution in [0.4, 0.5) is 0 Å². The Kier molecular flexibility index (Phi) is 3.89. The van der Waals surface area contributed by atoms with Crippen molar-refractivity contribution in [3.63, 3.8) is 0 Å². The van der Waals surface area contributed by atoms with E-state index in [4.69, 9.17) is 16.0 Å². The van der Waals surface area contributed by atoms with E-state index in [2.05, 4.69) is 4.90 Å². The normalized spacial score (nSPS) is 26.6. The molecule has 1 N–H and O–H groups in total. The van der Waals surface area contributed by atoms with E-state index in [9.17, 15) is 9.90 Å². The fourth-order valence-electron chi connectivity index (χ4n) is 4.35. The monoisotopic (exact) mass is 345 g/mol. The van der Waals surface area contributed by atoms with Crippen molar-refractivity contribution in [2.75, 3.05) is 13.1 Å². The lowest BCUT2D eigenvalue weighted by molar-refractivity contribution is -0.149. The maximum Gasteiger partial charge on any atom is 0.311 e. The molecule has 2 aromatic rings. The number of fused-ring (bicyclic) bond motifs is 1. The lowest BCUT2D eigenvalue weighted by atomic mass is 9.81. The summed E-state index contributed by atoms with van der Waals surface area (Å²) in [6.07, 6.45) is 2.85. The van der Waals surface area contributed by atoms with Gasteiger partial charge in [-0.15, -0.1) is 0 Å². The first-order valence-electron chi connectivity index (χ1n) is 8.38. The summed E-state index contributed by atoms with van der Waals surface area (Å²) >= 11 is 6.22. The van der Waals surface area contributed by atoms with Gasteiger partial charge in [-0.25, -0.2) is 0 Å². The topological polar surface area (TPSA) is 53.7 Å². The predicted octanol–water partition coefficient (Wildman–Crippen LogP) is 4.29. The number of hydrogen-bond acceptors (Lipinski definition) is 3. The summed E-state index contributed by atoms with van der Waals surface area (Å²) in [6, 6.07) is 11.5. The quantitative estimate of drug-likeness (QED) is 0.898. The lowest BCUT2D eigenvalue weighted by Gasteiger charge is -2.23. The van der Waals surface area contributed by atoms with Crippen LogP contribution in [0.1, 0.15) is 25.0 Å². The molecule has 2 heterocycles. The third kappa shape index (κ3) is 2.54. The van der Waals surface area contributed by atoms with Crippen LogP contribution >= 0.6 is 11.6 Å². The molecule has 2 atom stereocenters. The van der Waals surface area contributed by atoms with Crippen LogP contribution in [0.5, 0.6) is 0 Å². The van der Waals surface area contributed by atoms with Crippen molar-refractivity contribution in [3.8, 4) is 11.3 Å². The number of carboxylic acids is 1. The van der Waals surface area contributed by atoms with Gasteiger partial charge >= 0.3 is 5.97 Å². The zero-order chi connectivity index (χ0) is 16.7. The molecule has 2 fully saturated rings. The molecule has 2 aliphatic rings. The molecule has 5 heteroatoms. The summed E-state index contributed by atoms with van der Waals surface area (Å²) < 4.78 is 5.95. The van der Waals surface area contributed by atoms with E-state index in [-0.39, 0.29) is 5.92 Å². The van der Waals surface area contributed by atoms with Gasteiger partial charge in [0.05, 0.1) is 17.0 Å². The molecule has 24 heavy (non-hydrogen) atoms. The fourth-order valence-corrected chi connectivity index (χ4v) is 4.58. The molecule has 0 spiro atoms. The Labute approximate surface area is 146 Å². The Bertz CT molecular complexity index is 771. The van der Waals surface area contributed by atoms with Gasteiger partial charge in [-0.05, 0) is 43.0 Å². The van der Waals surface area contributed by atoms with Crippen LogP contribution < -0.4 is 0 Å². The van der Waals surface area contributed by atoms with Crippen molar-refractivity contribution in [1.82, 2.24) is 4.90 Å². The molecular weight excluding hydrogens is 326 g/mol. The number of carboxylic acid groups (broad SMARTS) is 1. The number of nitrogens with zero attached hydrogens (tertiary/aromatic N) is 1. The van der Waals surface area contributed by atoms with E-state index in [0.717, 1.165) is 42.9 Å². The molecule has 1 aromatic carbocycles. The first-order valence-corrected chi connectivity index (χ1v) is 8.76. The zero-order valence-electron chi connectivity index (χ0n) is 13.4. The second-order valence-electron chi connectivity index (χ2n) is 6.97. The minimum atomic E-state index is -0.635. The second kappa shape index (κ2) is 5.94. The van der Waals surface area contributed by atoms with Gasteiger partial charge in [-0.1, -0.05) is 30.2 Å². The standard InChI is InChI=1S/C19H20ClNO3/c20-16-6-2-1-5-15(16)17-8-7-14(24-17)11-21-10-13-4-3-9-19(13,12-21)18(22)23/h1-2,5-8,13H,3-4,9-12H2,(H,22,23)/t13-,19+/m0/s1. The first-order chi connectivity index (χ1) is 11.6. The van der Waals surface area contributed by atoms with Crippen molar-refractivity contribution in [2.45, 2.75) is 25.8 Å². The molecule has 1 saturated heterocycles. The number of benzene rings is 1. The minimum Gasteiger partial charge on any atom is -0.481 e. The molecule has 1 aliphatic heterocycles. The Morgan fingerprint density at radius 1 is 1.33 bits per heavy atom. The summed E-state index contributed by atoms with van der Waals surface area (Å²) in [7, 11) is 0. The molecule has 0 amide bonds. The van der Waals surface area contributed by atoms with Gasteiger partial charge in [0.2, 0.25) is 0 Å². The van der Waals surface area contributed by atoms with Gasteiger partial charge in [0.15, 0.2) is 0 Å². The third-order valence-corrected chi connectivity index (χ3v) is 5.88. The van der Waals surface area contributed by atoms with Gasteiger partial charge in [0, 0.05) is 18.7 Å². The highest BCUT2D eigenvalue weighted by atomic mass is 35.5. The van der Waals surface area contributed by atoms with Gasteiger partial charge in [-0.2, -0.15) is 0 Å². The summed E-state index contributed by atoms with van der Waals surface area (Å²) in [5.41, 5.74) is 0.337. The van der Waals surface area contributed by atoms with Crippen molar-refractivity contribution in [2.24, 2.45) is 11.3 Å². The number of furan rings is 1. The van der Waals surface area contributed by atoms with Crippen molar-refractivity contribution >= 4 is 17.6 Å². The highest BCUT2D eigenvalue weighted by molar-refractivity contribution is 6.33. The van der Waals surface area contributed by atoms with E-state index >= 15 is 0 Å². The fraction of sp³-hybridized carbons (Fsp3) is 0.421. The molecule has 4 nitrogen and oxygen atoms in total. The molecule has 0 bridgehead atoms. The number of rotatable bonds is 4. The van der Waals surface area contributed by atoms with Gasteiger partial charge in [0.25, 0.3) is 0 Å². The Morgan fingerprint density at radius 3 is 2.92 bits per heavy atom. The van der Waals surface area contributed by atoms with Crippen LogP contribution in [-0.2, 0) is 11.3 Å². The first kappa shape index (κ1) is 15.7. The summed E-state index contributed by atoms with van der Waals surface area (Å²) in [5.74, 6) is 1.24. The van der Waals surface area contributed by atoms with Crippen LogP contribution in [0.2, 0.25) is 5.02 Å². The van der Waals surface area contributed by atoms with E-state index < -0.39 is 11.4 Å². The molecule has 0 unspecified atom stereocenters. The van der Waals surface area contributed by atoms with Crippen LogP contribution in [0.25, 0.3) is 11.3 Å². The van der Waals surface area contributed by atoms with Crippen LogP contribution in [0, 0.1) is 11.3 Å². The average Bonchev–Trinajstić information content (AvgIpc) is 3.22. The summed E-state index contributed by atoms with van der Waals surface area (Å²) in [4.78, 5) is 14.0. The molecule has 4 rings (SSSR count). The average molecular weight is 346 g/mol. The summed E-state index contributed by atoms with van der Waals surface area (Å²) in [5, 5.41) is 10.3. The number of hydrogen-bond donors (Lipinski definition) is 1. The van der Waals surface area contributed by atoms with Crippen molar-refractivity contribution in [1.29, 1.82) is 0 Å². The second-order valence-corrected chi connectivity index (χ2v) is 7.37. The maximum atomic E-state index is 11.8. The molecule has 0 radical (unpaired) electrons. The van der Waals surface area contributed by atoms with E-state index in [1.807, 2.05) is 36.4 Å². The Morgan fingerprint density at radius 2 is 2.17 bits per heavy atom. The SMILES string of the molecule is O=C(O)[C@@]12CCC[C@H]1CN(Cc1ccc(-c3ccccc3Cl)o1)C2. The van der Waals surface area contributed by atoms with E-state index in [0.29, 0.717) is 18.1 Å². The van der Waals surface area contributed by atoms with Crippen LogP contribution in [-0.4, -0.2) is 29.1 Å². The number of aliphatic carboxylic acids is 1. The van der Waals surface area contributed by atoms with Crippen molar-refractivity contribution in [3.05, 3.63) is 47.2 Å². The zero-order valence-corrected chi connectivity index (χ0v) is 14.1. The van der Waals surface area contributed by atoms with Crippen LogP contribution in [0.3, 0.4) is 0 Å². The number of likely N-dealkylation sites (tertiary alicyclic amines) is 1. The lowest BCUT2D eigenvalue weighted by Crippen LogP contribution is -2.35. The largest absolute Gasteiger partial charge is 0.481 e. The van der Waals surface area contributed by atoms with Crippen molar-refractivity contribution < 1.29 is 14.3 Å². The highest BCUT2D eigenvalue weighted by Crippen LogP contribution is 2.49. The van der Waals surface area contributed by atoms with Gasteiger partial charge in [-0.3, -0.25) is 9.69 Å². The Hall–Kier alpha value is -1.78. The number of carbonyl (C=O) groups is 1. The predicted molar refractivity (Wildman–Crippen MR) is 91.8 cm³/mol. The molecule has 126 valence electrons. The Balaban J connectivity index is 1.50. The summed E-state index contributed by atoms with van der Waals surface area (Å²) in [6.45, 7) is 2.11. The van der Waals surface area contributed by atoms with Crippen LogP contribution in [0.15, 0.2) is 40.8 Å². The number of halogens is 1. The van der Waals surface area contributed by atoms with Gasteiger partial charge < -0.3 is 9.52 Å². The highest BCUT2D eigenvalue weighted by Gasteiger charge is 2.54. The molecule has 1 aromatic heterocycles. The molecule has 1 aliphatic carbocycles. The molecular formula is C19H20ClNO3. The maximum absolute atomic E-state index is 11.8. The minimum absolute atomic E-state index is 0.271. The van der Waals surface area contributed by atoms with Gasteiger partial charge in [0.1, 0.15) is 11.5 Å².